The Hall–Kier alpha value is -1.26. The van der Waals surface area contributed by atoms with Crippen molar-refractivity contribution < 1.29 is 9.59 Å². The number of carbonyl (C=O) groups is 2. The molecule has 2 nitrogen and oxygen atoms in total. The number of ketones is 2. The number of carbonyl (C=O) groups excluding carboxylic acids is 2. The van der Waals surface area contributed by atoms with Crippen molar-refractivity contribution in [1.29, 1.82) is 0 Å². The first-order chi connectivity index (χ1) is 9.30. The smallest absolute Gasteiger partial charge is 0.174 e. The van der Waals surface area contributed by atoms with Gasteiger partial charge < -0.3 is 0 Å². The molecule has 1 unspecified atom stereocenters. The fraction of sp³-hybridized carbons (Fsp3) is 0.375. The predicted molar refractivity (Wildman–Crippen MR) is 84.2 cm³/mol. The largest absolute Gasteiger partial charge is 0.293 e. The Morgan fingerprint density at radius 1 is 1.05 bits per heavy atom. The molecule has 20 heavy (non-hydrogen) atoms. The van der Waals surface area contributed by atoms with Crippen LogP contribution >= 0.6 is 22.7 Å². The van der Waals surface area contributed by atoms with Crippen LogP contribution in [-0.4, -0.2) is 11.6 Å². The van der Waals surface area contributed by atoms with E-state index in [9.17, 15) is 9.59 Å². The summed E-state index contributed by atoms with van der Waals surface area (Å²) in [6.07, 6.45) is 0. The topological polar surface area (TPSA) is 34.1 Å². The Morgan fingerprint density at radius 2 is 1.70 bits per heavy atom. The second kappa shape index (κ2) is 4.37. The fourth-order valence-corrected chi connectivity index (χ4v) is 4.67. The monoisotopic (exact) mass is 304 g/mol. The summed E-state index contributed by atoms with van der Waals surface area (Å²) in [5, 5.41) is 1.94. The molecule has 104 valence electrons. The standard InChI is InChI=1S/C16H16O2S2/c1-8-12(17)9-5-6-19-14(9)15-10(13(8)18)7-11(20-15)16(2,3)4/h5-8H,1-4H3. The van der Waals surface area contributed by atoms with Crippen LogP contribution in [0.1, 0.15) is 53.3 Å². The van der Waals surface area contributed by atoms with Crippen molar-refractivity contribution >= 4 is 34.2 Å². The number of rotatable bonds is 0. The lowest BCUT2D eigenvalue weighted by molar-refractivity contribution is 0.0824. The number of hydrogen-bond donors (Lipinski definition) is 0. The van der Waals surface area contributed by atoms with Gasteiger partial charge >= 0.3 is 0 Å². The van der Waals surface area contributed by atoms with Gasteiger partial charge in [0.15, 0.2) is 11.6 Å². The maximum absolute atomic E-state index is 12.5. The van der Waals surface area contributed by atoms with Crippen molar-refractivity contribution in [1.82, 2.24) is 0 Å². The van der Waals surface area contributed by atoms with Gasteiger partial charge in [-0.25, -0.2) is 0 Å². The minimum absolute atomic E-state index is 0.0157. The Morgan fingerprint density at radius 3 is 2.35 bits per heavy atom. The molecule has 4 heteroatoms. The van der Waals surface area contributed by atoms with E-state index in [1.54, 1.807) is 29.6 Å². The highest BCUT2D eigenvalue weighted by molar-refractivity contribution is 7.22. The Balaban J connectivity index is 2.30. The molecule has 1 aliphatic carbocycles. The first-order valence-corrected chi connectivity index (χ1v) is 8.31. The minimum Gasteiger partial charge on any atom is -0.293 e. The summed E-state index contributed by atoms with van der Waals surface area (Å²) >= 11 is 3.20. The summed E-state index contributed by atoms with van der Waals surface area (Å²) in [6.45, 7) is 8.15. The van der Waals surface area contributed by atoms with Gasteiger partial charge in [0.25, 0.3) is 0 Å². The van der Waals surface area contributed by atoms with Crippen molar-refractivity contribution in [3.05, 3.63) is 33.5 Å². The van der Waals surface area contributed by atoms with Gasteiger partial charge in [0.1, 0.15) is 0 Å². The van der Waals surface area contributed by atoms with Crippen LogP contribution in [0.5, 0.6) is 0 Å². The lowest BCUT2D eigenvalue weighted by Crippen LogP contribution is -2.19. The molecule has 1 aliphatic rings. The fourth-order valence-electron chi connectivity index (χ4n) is 2.38. The van der Waals surface area contributed by atoms with E-state index in [-0.39, 0.29) is 17.0 Å². The van der Waals surface area contributed by atoms with Gasteiger partial charge in [-0.05, 0) is 29.9 Å². The summed E-state index contributed by atoms with van der Waals surface area (Å²) in [5.41, 5.74) is 1.45. The SMILES string of the molecule is CC1C(=O)c2ccsc2-c2sc(C(C)(C)C)cc2C1=O. The third-order valence-corrected chi connectivity index (χ3v) is 6.30. The van der Waals surface area contributed by atoms with E-state index in [1.807, 2.05) is 17.5 Å². The molecule has 3 rings (SSSR count). The van der Waals surface area contributed by atoms with E-state index in [0.717, 1.165) is 15.3 Å². The molecule has 0 saturated heterocycles. The molecule has 0 bridgehead atoms. The van der Waals surface area contributed by atoms with E-state index in [4.69, 9.17) is 0 Å². The van der Waals surface area contributed by atoms with Crippen LogP contribution in [0.4, 0.5) is 0 Å². The van der Waals surface area contributed by atoms with Gasteiger partial charge in [0.05, 0.1) is 15.7 Å². The van der Waals surface area contributed by atoms with E-state index in [0.29, 0.717) is 5.56 Å². The van der Waals surface area contributed by atoms with Crippen LogP contribution in [0.15, 0.2) is 17.5 Å². The molecule has 2 aromatic rings. The van der Waals surface area contributed by atoms with Gasteiger partial charge in [-0.2, -0.15) is 0 Å². The number of thiophene rings is 2. The summed E-state index contributed by atoms with van der Waals surface area (Å²) in [7, 11) is 0. The minimum atomic E-state index is -0.577. The number of hydrogen-bond acceptors (Lipinski definition) is 4. The van der Waals surface area contributed by atoms with Crippen LogP contribution < -0.4 is 0 Å². The van der Waals surface area contributed by atoms with Crippen LogP contribution in [0, 0.1) is 5.92 Å². The van der Waals surface area contributed by atoms with Crippen LogP contribution in [-0.2, 0) is 5.41 Å². The molecular formula is C16H16O2S2. The first kappa shape index (κ1) is 13.7. The molecule has 0 spiro atoms. The van der Waals surface area contributed by atoms with Crippen molar-refractivity contribution in [2.24, 2.45) is 5.92 Å². The summed E-state index contributed by atoms with van der Waals surface area (Å²) < 4.78 is 0. The highest BCUT2D eigenvalue weighted by atomic mass is 32.1. The molecule has 0 fully saturated rings. The van der Waals surface area contributed by atoms with Crippen molar-refractivity contribution in [2.45, 2.75) is 33.1 Å². The van der Waals surface area contributed by atoms with E-state index in [2.05, 4.69) is 20.8 Å². The van der Waals surface area contributed by atoms with E-state index < -0.39 is 5.92 Å². The molecule has 2 heterocycles. The van der Waals surface area contributed by atoms with Crippen LogP contribution in [0.3, 0.4) is 0 Å². The van der Waals surface area contributed by atoms with Crippen LogP contribution in [0.2, 0.25) is 0 Å². The lowest BCUT2D eigenvalue weighted by atomic mass is 9.92. The van der Waals surface area contributed by atoms with Gasteiger partial charge in [-0.3, -0.25) is 9.59 Å². The average molecular weight is 304 g/mol. The lowest BCUT2D eigenvalue weighted by Gasteiger charge is -2.15. The zero-order chi connectivity index (χ0) is 14.7. The van der Waals surface area contributed by atoms with Crippen molar-refractivity contribution in [3.8, 4) is 9.75 Å². The molecule has 0 saturated carbocycles. The second-order valence-electron chi connectivity index (χ2n) is 6.22. The molecule has 1 atom stereocenters. The number of fused-ring (bicyclic) bond motifs is 3. The molecule has 0 aromatic carbocycles. The van der Waals surface area contributed by atoms with Crippen molar-refractivity contribution in [3.63, 3.8) is 0 Å². The molecule has 0 radical (unpaired) electrons. The molecule has 2 aromatic heterocycles. The second-order valence-corrected chi connectivity index (χ2v) is 8.19. The van der Waals surface area contributed by atoms with Gasteiger partial charge in [0, 0.05) is 16.0 Å². The summed E-state index contributed by atoms with van der Waals surface area (Å²) in [5.74, 6) is -0.667. The maximum Gasteiger partial charge on any atom is 0.174 e. The Kier molecular flexibility index (Phi) is 2.99. The van der Waals surface area contributed by atoms with Gasteiger partial charge in [0.2, 0.25) is 0 Å². The predicted octanol–water partition coefficient (Wildman–Crippen LogP) is 4.79. The Bertz CT molecular complexity index is 713. The zero-order valence-electron chi connectivity index (χ0n) is 11.9. The molecule has 0 amide bonds. The quantitative estimate of drug-likeness (QED) is 0.656. The van der Waals surface area contributed by atoms with Gasteiger partial charge in [-0.1, -0.05) is 20.8 Å². The summed E-state index contributed by atoms with van der Waals surface area (Å²) in [4.78, 5) is 28.0. The first-order valence-electron chi connectivity index (χ1n) is 6.61. The zero-order valence-corrected chi connectivity index (χ0v) is 13.6. The third kappa shape index (κ3) is 1.90. The third-order valence-electron chi connectivity index (χ3n) is 3.66. The average Bonchev–Trinajstić information content (AvgIpc) is 2.98. The van der Waals surface area contributed by atoms with E-state index >= 15 is 0 Å². The van der Waals surface area contributed by atoms with Crippen molar-refractivity contribution in [2.75, 3.05) is 0 Å². The van der Waals surface area contributed by atoms with E-state index in [1.165, 1.54) is 4.88 Å². The highest BCUT2D eigenvalue weighted by Gasteiger charge is 2.35. The summed E-state index contributed by atoms with van der Waals surface area (Å²) in [6, 6.07) is 3.83. The number of Topliss-reactive ketones (excluding diaryl/α,β-unsaturated/α-hetero) is 2. The Labute approximate surface area is 126 Å². The van der Waals surface area contributed by atoms with Gasteiger partial charge in [-0.15, -0.1) is 22.7 Å². The molecule has 0 aliphatic heterocycles. The normalized spacial score (nSPS) is 18.7. The molecular weight excluding hydrogens is 288 g/mol. The highest BCUT2D eigenvalue weighted by Crippen LogP contribution is 2.45. The van der Waals surface area contributed by atoms with Crippen LogP contribution in [0.25, 0.3) is 9.75 Å². The maximum atomic E-state index is 12.5. The molecule has 0 N–H and O–H groups in total.